The third-order valence-corrected chi connectivity index (χ3v) is 3.68. The maximum atomic E-state index is 11.9. The van der Waals surface area contributed by atoms with Gasteiger partial charge in [0, 0.05) is 18.8 Å². The van der Waals surface area contributed by atoms with Gasteiger partial charge < -0.3 is 24.5 Å². The minimum Gasteiger partial charge on any atom is -0.467 e. The monoisotopic (exact) mass is 374 g/mol. The third-order valence-electron chi connectivity index (χ3n) is 3.68. The summed E-state index contributed by atoms with van der Waals surface area (Å²) < 4.78 is 15.7. The number of benzene rings is 1. The Morgan fingerprint density at radius 1 is 1.07 bits per heavy atom. The summed E-state index contributed by atoms with van der Waals surface area (Å²) in [5, 5.41) is 5.47. The van der Waals surface area contributed by atoms with Gasteiger partial charge in [-0.25, -0.2) is 9.59 Å². The smallest absolute Gasteiger partial charge is 0.338 e. The van der Waals surface area contributed by atoms with Gasteiger partial charge in [0.2, 0.25) is 0 Å². The first-order valence-corrected chi connectivity index (χ1v) is 9.11. The highest BCUT2D eigenvalue weighted by atomic mass is 16.5. The first kappa shape index (κ1) is 20.5. The molecular formula is C20H26N2O5. The molecule has 0 fully saturated rings. The summed E-state index contributed by atoms with van der Waals surface area (Å²) in [5.41, 5.74) is 1.07. The van der Waals surface area contributed by atoms with Gasteiger partial charge in [-0.3, -0.25) is 0 Å². The van der Waals surface area contributed by atoms with E-state index in [0.717, 1.165) is 18.6 Å². The molecule has 0 bridgehead atoms. The fourth-order valence-corrected chi connectivity index (χ4v) is 2.20. The molecule has 0 saturated heterocycles. The average Bonchev–Trinajstić information content (AvgIpc) is 3.19. The van der Waals surface area contributed by atoms with Crippen molar-refractivity contribution in [3.63, 3.8) is 0 Å². The molecule has 0 saturated carbocycles. The van der Waals surface area contributed by atoms with E-state index in [-0.39, 0.29) is 12.0 Å². The zero-order valence-electron chi connectivity index (χ0n) is 15.5. The Bertz CT molecular complexity index is 683. The summed E-state index contributed by atoms with van der Waals surface area (Å²) in [6.07, 6.45) is 4.12. The minimum absolute atomic E-state index is 0.306. The highest BCUT2D eigenvalue weighted by Gasteiger charge is 2.07. The van der Waals surface area contributed by atoms with Crippen molar-refractivity contribution in [1.29, 1.82) is 0 Å². The second kappa shape index (κ2) is 11.7. The van der Waals surface area contributed by atoms with Crippen LogP contribution in [-0.4, -0.2) is 31.8 Å². The number of carbonyl (C=O) groups excluding carboxylic acids is 2. The minimum atomic E-state index is -0.353. The predicted molar refractivity (Wildman–Crippen MR) is 102 cm³/mol. The summed E-state index contributed by atoms with van der Waals surface area (Å²) in [5.74, 6) is 0.424. The molecule has 27 heavy (non-hydrogen) atoms. The van der Waals surface area contributed by atoms with Crippen LogP contribution < -0.4 is 10.6 Å². The number of hydrogen-bond donors (Lipinski definition) is 2. The second-order valence-corrected chi connectivity index (χ2v) is 5.93. The van der Waals surface area contributed by atoms with Crippen molar-refractivity contribution in [2.45, 2.75) is 32.8 Å². The van der Waals surface area contributed by atoms with E-state index >= 15 is 0 Å². The van der Waals surface area contributed by atoms with Crippen LogP contribution in [0.25, 0.3) is 0 Å². The molecule has 2 rings (SSSR count). The Balaban J connectivity index is 1.60. The van der Waals surface area contributed by atoms with E-state index in [1.54, 1.807) is 30.5 Å². The topological polar surface area (TPSA) is 89.8 Å². The van der Waals surface area contributed by atoms with Crippen LogP contribution in [0.15, 0.2) is 47.1 Å². The lowest BCUT2D eigenvalue weighted by molar-refractivity contribution is 0.0500. The maximum absolute atomic E-state index is 11.9. The normalized spacial score (nSPS) is 10.4. The van der Waals surface area contributed by atoms with Crippen molar-refractivity contribution in [1.82, 2.24) is 5.32 Å². The molecular weight excluding hydrogens is 348 g/mol. The Hall–Kier alpha value is -2.80. The van der Waals surface area contributed by atoms with Crippen molar-refractivity contribution >= 4 is 17.7 Å². The van der Waals surface area contributed by atoms with Crippen LogP contribution in [0.4, 0.5) is 10.5 Å². The van der Waals surface area contributed by atoms with E-state index in [4.69, 9.17) is 13.9 Å². The van der Waals surface area contributed by atoms with E-state index in [1.165, 1.54) is 0 Å². The summed E-state index contributed by atoms with van der Waals surface area (Å²) >= 11 is 0. The molecule has 0 aliphatic carbocycles. The number of urea groups is 1. The maximum Gasteiger partial charge on any atom is 0.338 e. The third kappa shape index (κ3) is 7.96. The molecule has 2 N–H and O–H groups in total. The molecule has 0 unspecified atom stereocenters. The van der Waals surface area contributed by atoms with E-state index in [9.17, 15) is 9.59 Å². The highest BCUT2D eigenvalue weighted by molar-refractivity contribution is 5.92. The van der Waals surface area contributed by atoms with Gasteiger partial charge in [0.15, 0.2) is 0 Å². The van der Waals surface area contributed by atoms with Gasteiger partial charge in [-0.15, -0.1) is 0 Å². The second-order valence-electron chi connectivity index (χ2n) is 5.93. The molecule has 1 aromatic carbocycles. The Morgan fingerprint density at radius 2 is 1.89 bits per heavy atom. The van der Waals surface area contributed by atoms with Crippen LogP contribution in [-0.2, 0) is 16.1 Å². The van der Waals surface area contributed by atoms with Crippen LogP contribution >= 0.6 is 0 Å². The van der Waals surface area contributed by atoms with E-state index in [0.29, 0.717) is 44.0 Å². The zero-order valence-corrected chi connectivity index (χ0v) is 15.5. The van der Waals surface area contributed by atoms with Crippen molar-refractivity contribution in [2.75, 3.05) is 25.1 Å². The summed E-state index contributed by atoms with van der Waals surface area (Å²) in [7, 11) is 0. The molecule has 7 nitrogen and oxygen atoms in total. The van der Waals surface area contributed by atoms with Gasteiger partial charge in [-0.05, 0) is 49.2 Å². The van der Waals surface area contributed by atoms with Crippen molar-refractivity contribution in [3.05, 3.63) is 54.0 Å². The molecule has 0 aliphatic rings. The molecule has 2 amide bonds. The predicted octanol–water partition coefficient (Wildman–Crippen LogP) is 3.96. The number of furan rings is 1. The lowest BCUT2D eigenvalue weighted by Crippen LogP contribution is -2.30. The van der Waals surface area contributed by atoms with Crippen LogP contribution in [0.2, 0.25) is 0 Å². The fraction of sp³-hybridized carbons (Fsp3) is 0.400. The van der Waals surface area contributed by atoms with Gasteiger partial charge in [0.05, 0.1) is 18.4 Å². The largest absolute Gasteiger partial charge is 0.467 e. The Labute approximate surface area is 159 Å². The molecule has 2 aromatic rings. The number of amides is 2. The van der Waals surface area contributed by atoms with Crippen LogP contribution in [0.5, 0.6) is 0 Å². The summed E-state index contributed by atoms with van der Waals surface area (Å²) in [4.78, 5) is 23.7. The number of unbranched alkanes of at least 4 members (excludes halogenated alkanes) is 1. The lowest BCUT2D eigenvalue weighted by Gasteiger charge is -2.09. The average molecular weight is 374 g/mol. The Morgan fingerprint density at radius 3 is 2.59 bits per heavy atom. The number of ether oxygens (including phenoxy) is 2. The molecule has 7 heteroatoms. The number of anilines is 1. The van der Waals surface area contributed by atoms with Gasteiger partial charge >= 0.3 is 12.0 Å². The first-order chi connectivity index (χ1) is 13.2. The van der Waals surface area contributed by atoms with E-state index in [2.05, 4.69) is 10.6 Å². The SMILES string of the molecule is CCCCOC(=O)c1ccc(NC(=O)NCCCOCc2ccco2)cc1. The molecule has 146 valence electrons. The number of rotatable bonds is 11. The van der Waals surface area contributed by atoms with Gasteiger partial charge in [0.1, 0.15) is 12.4 Å². The summed E-state index contributed by atoms with van der Waals surface area (Å²) in [6, 6.07) is 9.96. The van der Waals surface area contributed by atoms with Gasteiger partial charge in [-0.1, -0.05) is 13.3 Å². The zero-order chi connectivity index (χ0) is 19.3. The molecule has 1 heterocycles. The standard InChI is InChI=1S/C20H26N2O5/c1-2-3-13-27-19(23)16-7-9-17(10-8-16)22-20(24)21-11-5-12-25-15-18-6-4-14-26-18/h4,6-10,14H,2-3,5,11-13,15H2,1H3,(H2,21,22,24). The summed E-state index contributed by atoms with van der Waals surface area (Å²) in [6.45, 7) is 3.89. The number of carbonyl (C=O) groups is 2. The molecule has 1 aromatic heterocycles. The van der Waals surface area contributed by atoms with E-state index in [1.807, 2.05) is 19.1 Å². The van der Waals surface area contributed by atoms with Crippen molar-refractivity contribution < 1.29 is 23.5 Å². The van der Waals surface area contributed by atoms with Crippen molar-refractivity contribution in [3.8, 4) is 0 Å². The van der Waals surface area contributed by atoms with Gasteiger partial charge in [-0.2, -0.15) is 0 Å². The molecule has 0 spiro atoms. The Kier molecular flexibility index (Phi) is 8.92. The van der Waals surface area contributed by atoms with Crippen molar-refractivity contribution in [2.24, 2.45) is 0 Å². The van der Waals surface area contributed by atoms with Gasteiger partial charge in [0.25, 0.3) is 0 Å². The first-order valence-electron chi connectivity index (χ1n) is 9.11. The molecule has 0 radical (unpaired) electrons. The molecule has 0 aliphatic heterocycles. The van der Waals surface area contributed by atoms with Crippen LogP contribution in [0.1, 0.15) is 42.3 Å². The lowest BCUT2D eigenvalue weighted by atomic mass is 10.2. The van der Waals surface area contributed by atoms with Crippen LogP contribution in [0.3, 0.4) is 0 Å². The number of esters is 1. The molecule has 0 atom stereocenters. The quantitative estimate of drug-likeness (QED) is 0.459. The number of nitrogens with one attached hydrogen (secondary N) is 2. The van der Waals surface area contributed by atoms with E-state index < -0.39 is 0 Å². The highest BCUT2D eigenvalue weighted by Crippen LogP contribution is 2.11. The number of hydrogen-bond acceptors (Lipinski definition) is 5. The van der Waals surface area contributed by atoms with Crippen LogP contribution in [0, 0.1) is 0 Å². The fourth-order valence-electron chi connectivity index (χ4n) is 2.20.